The van der Waals surface area contributed by atoms with Crippen LogP contribution in [0.25, 0.3) is 5.65 Å². The smallest absolute Gasteiger partial charge is 0.251 e. The van der Waals surface area contributed by atoms with Crippen molar-refractivity contribution in [2.75, 3.05) is 19.6 Å². The summed E-state index contributed by atoms with van der Waals surface area (Å²) in [6.07, 6.45) is 6.49. The van der Waals surface area contributed by atoms with Gasteiger partial charge in [0.05, 0.1) is 5.69 Å². The zero-order valence-corrected chi connectivity index (χ0v) is 18.7. The molecule has 2 aromatic heterocycles. The number of rotatable bonds is 7. The van der Waals surface area contributed by atoms with E-state index in [1.54, 1.807) is 24.3 Å². The van der Waals surface area contributed by atoms with Crippen LogP contribution < -0.4 is 10.1 Å². The first-order valence-electron chi connectivity index (χ1n) is 11.2. The fourth-order valence-electron chi connectivity index (χ4n) is 4.09. The molecule has 0 saturated carbocycles. The van der Waals surface area contributed by atoms with Crippen molar-refractivity contribution in [1.82, 2.24) is 19.6 Å². The third-order valence-corrected chi connectivity index (χ3v) is 5.87. The number of piperidine rings is 1. The van der Waals surface area contributed by atoms with Crippen molar-refractivity contribution in [1.29, 1.82) is 0 Å². The summed E-state index contributed by atoms with van der Waals surface area (Å²) in [4.78, 5) is 31.2. The van der Waals surface area contributed by atoms with Crippen LogP contribution >= 0.6 is 0 Å². The van der Waals surface area contributed by atoms with Gasteiger partial charge in [0.1, 0.15) is 18.0 Å². The molecule has 1 unspecified atom stereocenters. The number of aromatic nitrogens is 2. The van der Waals surface area contributed by atoms with Crippen LogP contribution in [0.5, 0.6) is 5.75 Å². The number of likely N-dealkylation sites (tertiary alicyclic amines) is 1. The molecule has 7 nitrogen and oxygen atoms in total. The number of pyridine rings is 1. The van der Waals surface area contributed by atoms with E-state index in [0.717, 1.165) is 36.4 Å². The molecule has 3 aromatic rings. The maximum Gasteiger partial charge on any atom is 0.251 e. The number of hydrogen-bond acceptors (Lipinski definition) is 4. The van der Waals surface area contributed by atoms with Gasteiger partial charge in [-0.25, -0.2) is 4.98 Å². The van der Waals surface area contributed by atoms with Gasteiger partial charge in [-0.2, -0.15) is 0 Å². The molecule has 1 saturated heterocycles. The van der Waals surface area contributed by atoms with Crippen molar-refractivity contribution in [3.05, 3.63) is 65.6 Å². The minimum atomic E-state index is -0.188. The molecule has 1 atom stereocenters. The van der Waals surface area contributed by atoms with Crippen LogP contribution in [0, 0.1) is 12.8 Å². The number of nitrogens with one attached hydrogen (secondary N) is 1. The molecular formula is C25H30N4O3. The number of ether oxygens (including phenoxy) is 1. The second-order valence-electron chi connectivity index (χ2n) is 8.56. The highest BCUT2D eigenvalue weighted by Gasteiger charge is 2.20. The third kappa shape index (κ3) is 5.28. The van der Waals surface area contributed by atoms with Crippen LogP contribution in [0.3, 0.4) is 0 Å². The number of fused-ring (bicyclic) bond motifs is 1. The molecule has 0 radical (unpaired) electrons. The summed E-state index contributed by atoms with van der Waals surface area (Å²) in [6, 6.07) is 11.0. The number of carbonyl (C=O) groups excluding carboxylic acids is 2. The summed E-state index contributed by atoms with van der Waals surface area (Å²) in [5.41, 5.74) is 3.42. The topological polar surface area (TPSA) is 75.9 Å². The lowest BCUT2D eigenvalue weighted by atomic mass is 10.00. The Morgan fingerprint density at radius 2 is 2.03 bits per heavy atom. The van der Waals surface area contributed by atoms with Gasteiger partial charge < -0.3 is 19.4 Å². The van der Waals surface area contributed by atoms with Gasteiger partial charge in [-0.1, -0.05) is 13.0 Å². The molecule has 0 bridgehead atoms. The fraction of sp³-hybridized carbons (Fsp3) is 0.400. The summed E-state index contributed by atoms with van der Waals surface area (Å²) in [5, 5.41) is 2.84. The van der Waals surface area contributed by atoms with E-state index in [1.165, 1.54) is 6.42 Å². The Morgan fingerprint density at radius 1 is 1.22 bits per heavy atom. The molecule has 1 aromatic carbocycles. The van der Waals surface area contributed by atoms with Crippen LogP contribution in [0.4, 0.5) is 0 Å². The molecule has 4 rings (SSSR count). The normalized spacial score (nSPS) is 16.2. The molecule has 0 aliphatic carbocycles. The van der Waals surface area contributed by atoms with Gasteiger partial charge in [0, 0.05) is 44.0 Å². The highest BCUT2D eigenvalue weighted by atomic mass is 16.5. The van der Waals surface area contributed by atoms with E-state index in [4.69, 9.17) is 4.74 Å². The SMILES string of the molecule is Cc1cccn2cc(COc3ccc(C(=O)NCCC(=O)N4CCCC(C)C4)cc3)nc12. The van der Waals surface area contributed by atoms with Gasteiger partial charge in [0.2, 0.25) is 5.91 Å². The second kappa shape index (κ2) is 9.85. The van der Waals surface area contributed by atoms with Crippen molar-refractivity contribution in [3.8, 4) is 5.75 Å². The number of aryl methyl sites for hydroxylation is 1. The Balaban J connectivity index is 1.24. The Labute approximate surface area is 188 Å². The Morgan fingerprint density at radius 3 is 2.78 bits per heavy atom. The summed E-state index contributed by atoms with van der Waals surface area (Å²) in [5.74, 6) is 1.15. The molecule has 7 heteroatoms. The van der Waals surface area contributed by atoms with Crippen molar-refractivity contribution < 1.29 is 14.3 Å². The lowest BCUT2D eigenvalue weighted by Crippen LogP contribution is -2.40. The lowest BCUT2D eigenvalue weighted by molar-refractivity contribution is -0.132. The van der Waals surface area contributed by atoms with Gasteiger partial charge in [-0.05, 0) is 61.6 Å². The van der Waals surface area contributed by atoms with Gasteiger partial charge in [0.25, 0.3) is 5.91 Å². The van der Waals surface area contributed by atoms with E-state index in [2.05, 4.69) is 17.2 Å². The second-order valence-corrected chi connectivity index (χ2v) is 8.56. The zero-order valence-electron chi connectivity index (χ0n) is 18.7. The van der Waals surface area contributed by atoms with E-state index in [0.29, 0.717) is 36.8 Å². The summed E-state index contributed by atoms with van der Waals surface area (Å²) in [7, 11) is 0. The van der Waals surface area contributed by atoms with E-state index >= 15 is 0 Å². The van der Waals surface area contributed by atoms with Crippen LogP contribution in [-0.2, 0) is 11.4 Å². The van der Waals surface area contributed by atoms with E-state index in [1.807, 2.05) is 40.8 Å². The predicted octanol–water partition coefficient (Wildman–Crippen LogP) is 3.60. The first-order valence-corrected chi connectivity index (χ1v) is 11.2. The van der Waals surface area contributed by atoms with Crippen molar-refractivity contribution in [3.63, 3.8) is 0 Å². The largest absolute Gasteiger partial charge is 0.487 e. The van der Waals surface area contributed by atoms with Gasteiger partial charge in [-0.15, -0.1) is 0 Å². The Bertz CT molecular complexity index is 1090. The van der Waals surface area contributed by atoms with E-state index in [-0.39, 0.29) is 11.8 Å². The number of imidazole rings is 1. The number of nitrogens with zero attached hydrogens (tertiary/aromatic N) is 3. The Kier molecular flexibility index (Phi) is 6.73. The maximum atomic E-state index is 12.4. The average Bonchev–Trinajstić information content (AvgIpc) is 3.22. The predicted molar refractivity (Wildman–Crippen MR) is 123 cm³/mol. The number of benzene rings is 1. The van der Waals surface area contributed by atoms with Crippen molar-refractivity contribution >= 4 is 17.5 Å². The highest BCUT2D eigenvalue weighted by molar-refractivity contribution is 5.94. The Hall–Kier alpha value is -3.35. The molecule has 1 aliphatic heterocycles. The summed E-state index contributed by atoms with van der Waals surface area (Å²) < 4.78 is 7.81. The quantitative estimate of drug-likeness (QED) is 0.617. The minimum absolute atomic E-state index is 0.114. The molecule has 168 valence electrons. The van der Waals surface area contributed by atoms with Crippen LogP contribution in [0.1, 0.15) is 47.8 Å². The summed E-state index contributed by atoms with van der Waals surface area (Å²) >= 11 is 0. The number of hydrogen-bond donors (Lipinski definition) is 1. The molecule has 32 heavy (non-hydrogen) atoms. The van der Waals surface area contributed by atoms with E-state index in [9.17, 15) is 9.59 Å². The number of carbonyl (C=O) groups is 2. The first-order chi connectivity index (χ1) is 15.5. The van der Waals surface area contributed by atoms with Gasteiger partial charge >= 0.3 is 0 Å². The molecule has 2 amide bonds. The average molecular weight is 435 g/mol. The molecule has 1 N–H and O–H groups in total. The lowest BCUT2D eigenvalue weighted by Gasteiger charge is -2.31. The maximum absolute atomic E-state index is 12.4. The summed E-state index contributed by atoms with van der Waals surface area (Å²) in [6.45, 7) is 6.54. The van der Waals surface area contributed by atoms with Crippen molar-refractivity contribution in [2.45, 2.75) is 39.7 Å². The van der Waals surface area contributed by atoms with E-state index < -0.39 is 0 Å². The van der Waals surface area contributed by atoms with Gasteiger partial charge in [0.15, 0.2) is 0 Å². The molecule has 1 aliphatic rings. The molecule has 1 fully saturated rings. The van der Waals surface area contributed by atoms with Crippen molar-refractivity contribution in [2.24, 2.45) is 5.92 Å². The fourth-order valence-corrected chi connectivity index (χ4v) is 4.09. The molecular weight excluding hydrogens is 404 g/mol. The van der Waals surface area contributed by atoms with Crippen LogP contribution in [0.15, 0.2) is 48.8 Å². The van der Waals surface area contributed by atoms with Crippen LogP contribution in [0.2, 0.25) is 0 Å². The third-order valence-electron chi connectivity index (χ3n) is 5.87. The number of amides is 2. The minimum Gasteiger partial charge on any atom is -0.487 e. The molecule has 0 spiro atoms. The standard InChI is InChI=1S/C25H30N4O3/c1-18-5-3-13-28(15-18)23(30)11-12-26-25(31)20-7-9-22(10-8-20)32-17-21-16-29-14-4-6-19(2)24(29)27-21/h4,6-10,14,16,18H,3,5,11-13,15,17H2,1-2H3,(H,26,31). The zero-order chi connectivity index (χ0) is 22.5. The van der Waals surface area contributed by atoms with Gasteiger partial charge in [-0.3, -0.25) is 9.59 Å². The van der Waals surface area contributed by atoms with Crippen LogP contribution in [-0.4, -0.2) is 45.7 Å². The first kappa shape index (κ1) is 21.9. The molecule has 3 heterocycles. The highest BCUT2D eigenvalue weighted by Crippen LogP contribution is 2.17. The monoisotopic (exact) mass is 434 g/mol.